The molecule has 2 atom stereocenters. The molecule has 3 aromatic carbocycles. The van der Waals surface area contributed by atoms with Gasteiger partial charge in [0.25, 0.3) is 0 Å². The van der Waals surface area contributed by atoms with Crippen molar-refractivity contribution in [2.75, 3.05) is 0 Å². The number of carboxylic acid groups (broad SMARTS) is 1. The number of sulfonamides is 1. The van der Waals surface area contributed by atoms with Gasteiger partial charge in [-0.1, -0.05) is 58.4 Å². The Morgan fingerprint density at radius 1 is 1.00 bits per heavy atom. The molecule has 5 nitrogen and oxygen atoms in total. The SMILES string of the molecule is O=C(O)[C@]1(NS(=O)(=O)c2ccc3c(c2)Cc2cc(Br)ccc2-3)C[C@@H]1c1ccccc1. The van der Waals surface area contributed by atoms with Crippen LogP contribution < -0.4 is 4.72 Å². The third-order valence-electron chi connectivity index (χ3n) is 5.99. The first kappa shape index (κ1) is 19.5. The summed E-state index contributed by atoms with van der Waals surface area (Å²) < 4.78 is 29.7. The Kier molecular flexibility index (Phi) is 4.39. The lowest BCUT2D eigenvalue weighted by Crippen LogP contribution is -2.44. The standard InChI is InChI=1S/C23H18BrNO4S/c24-17-6-8-19-15(11-17)10-16-12-18(7-9-20(16)19)30(28,29)25-23(22(26)27)13-21(23)14-4-2-1-3-5-14/h1-9,11-12,21,25H,10,13H2,(H,26,27)/t21-,23+/m1/s1. The van der Waals surface area contributed by atoms with Crippen LogP contribution in [-0.2, 0) is 21.2 Å². The van der Waals surface area contributed by atoms with Crippen molar-refractivity contribution in [1.82, 2.24) is 4.72 Å². The molecule has 1 fully saturated rings. The maximum absolute atomic E-state index is 13.1. The average molecular weight is 484 g/mol. The molecule has 2 aliphatic carbocycles. The average Bonchev–Trinajstić information content (AvgIpc) is 3.33. The fourth-order valence-corrected chi connectivity index (χ4v) is 6.23. The molecular formula is C23H18BrNO4S. The molecule has 0 aliphatic heterocycles. The molecule has 3 aromatic rings. The van der Waals surface area contributed by atoms with Crippen LogP contribution in [0, 0.1) is 0 Å². The Morgan fingerprint density at radius 2 is 1.67 bits per heavy atom. The molecule has 0 amide bonds. The van der Waals surface area contributed by atoms with Gasteiger partial charge in [-0.15, -0.1) is 0 Å². The first-order chi connectivity index (χ1) is 14.3. The molecule has 1 saturated carbocycles. The highest BCUT2D eigenvalue weighted by atomic mass is 79.9. The second kappa shape index (κ2) is 6.77. The lowest BCUT2D eigenvalue weighted by atomic mass is 10.1. The number of carbonyl (C=O) groups is 1. The lowest BCUT2D eigenvalue weighted by Gasteiger charge is -2.16. The van der Waals surface area contributed by atoms with Gasteiger partial charge in [-0.05, 0) is 64.9 Å². The lowest BCUT2D eigenvalue weighted by molar-refractivity contribution is -0.140. The fourth-order valence-electron chi connectivity index (χ4n) is 4.37. The molecule has 2 N–H and O–H groups in total. The Balaban J connectivity index is 1.46. The van der Waals surface area contributed by atoms with Gasteiger partial charge in [0.05, 0.1) is 4.90 Å². The maximum Gasteiger partial charge on any atom is 0.325 e. The summed E-state index contributed by atoms with van der Waals surface area (Å²) >= 11 is 3.47. The Bertz CT molecular complexity index is 1290. The molecule has 5 rings (SSSR count). The van der Waals surface area contributed by atoms with Crippen molar-refractivity contribution in [2.45, 2.75) is 29.2 Å². The van der Waals surface area contributed by atoms with Gasteiger partial charge in [0, 0.05) is 10.4 Å². The summed E-state index contributed by atoms with van der Waals surface area (Å²) in [7, 11) is -4.00. The van der Waals surface area contributed by atoms with Gasteiger partial charge in [0.2, 0.25) is 10.0 Å². The predicted octanol–water partition coefficient (Wildman–Crippen LogP) is 4.31. The Hall–Kier alpha value is -2.48. The summed E-state index contributed by atoms with van der Waals surface area (Å²) in [6, 6.07) is 20.2. The Labute approximate surface area is 182 Å². The summed E-state index contributed by atoms with van der Waals surface area (Å²) in [5, 5.41) is 9.81. The van der Waals surface area contributed by atoms with Crippen molar-refractivity contribution in [3.05, 3.63) is 87.9 Å². The number of halogens is 1. The number of aliphatic carboxylic acids is 1. The van der Waals surface area contributed by atoms with E-state index in [1.807, 2.05) is 48.5 Å². The number of nitrogens with one attached hydrogen (secondary N) is 1. The van der Waals surface area contributed by atoms with Gasteiger partial charge in [0.1, 0.15) is 5.54 Å². The highest BCUT2D eigenvalue weighted by molar-refractivity contribution is 9.10. The van der Waals surface area contributed by atoms with Gasteiger partial charge >= 0.3 is 5.97 Å². The summed E-state index contributed by atoms with van der Waals surface area (Å²) in [6.07, 6.45) is 0.875. The van der Waals surface area contributed by atoms with E-state index in [2.05, 4.69) is 20.7 Å². The second-order valence-corrected chi connectivity index (χ2v) is 10.4. The number of benzene rings is 3. The van der Waals surface area contributed by atoms with Crippen LogP contribution in [0.15, 0.2) is 76.1 Å². The van der Waals surface area contributed by atoms with Crippen LogP contribution in [0.2, 0.25) is 0 Å². The van der Waals surface area contributed by atoms with E-state index in [9.17, 15) is 18.3 Å². The minimum absolute atomic E-state index is 0.0902. The smallest absolute Gasteiger partial charge is 0.325 e. The van der Waals surface area contributed by atoms with Crippen LogP contribution in [0.5, 0.6) is 0 Å². The molecule has 7 heteroatoms. The molecule has 0 heterocycles. The van der Waals surface area contributed by atoms with E-state index in [1.54, 1.807) is 18.2 Å². The van der Waals surface area contributed by atoms with Gasteiger partial charge in [-0.3, -0.25) is 4.79 Å². The van der Waals surface area contributed by atoms with Gasteiger partial charge < -0.3 is 5.11 Å². The zero-order valence-electron chi connectivity index (χ0n) is 15.8. The molecule has 2 aliphatic rings. The third-order valence-corrected chi connectivity index (χ3v) is 7.99. The second-order valence-electron chi connectivity index (χ2n) is 7.85. The molecule has 0 spiro atoms. The number of hydrogen-bond donors (Lipinski definition) is 2. The van der Waals surface area contributed by atoms with E-state index in [0.717, 1.165) is 32.3 Å². The minimum Gasteiger partial charge on any atom is -0.480 e. The van der Waals surface area contributed by atoms with Crippen LogP contribution in [0.25, 0.3) is 11.1 Å². The first-order valence-electron chi connectivity index (χ1n) is 9.54. The van der Waals surface area contributed by atoms with Crippen molar-refractivity contribution < 1.29 is 18.3 Å². The molecule has 0 saturated heterocycles. The van der Waals surface area contributed by atoms with Crippen LogP contribution >= 0.6 is 15.9 Å². The van der Waals surface area contributed by atoms with E-state index in [4.69, 9.17) is 0 Å². The van der Waals surface area contributed by atoms with E-state index < -0.39 is 21.5 Å². The zero-order valence-corrected chi connectivity index (χ0v) is 18.2. The van der Waals surface area contributed by atoms with Gasteiger partial charge in [0.15, 0.2) is 0 Å². The summed E-state index contributed by atoms with van der Waals surface area (Å²) in [4.78, 5) is 12.1. The Morgan fingerprint density at radius 3 is 2.37 bits per heavy atom. The molecule has 30 heavy (non-hydrogen) atoms. The zero-order chi connectivity index (χ0) is 21.1. The summed E-state index contributed by atoms with van der Waals surface area (Å²) in [5.41, 5.74) is 3.47. The summed E-state index contributed by atoms with van der Waals surface area (Å²) in [5.74, 6) is -1.54. The van der Waals surface area contributed by atoms with Gasteiger partial charge in [-0.25, -0.2) is 8.42 Å². The highest BCUT2D eigenvalue weighted by Crippen LogP contribution is 2.52. The minimum atomic E-state index is -4.00. The first-order valence-corrected chi connectivity index (χ1v) is 11.8. The fraction of sp³-hybridized carbons (Fsp3) is 0.174. The molecule has 152 valence electrons. The molecule has 0 radical (unpaired) electrons. The van der Waals surface area contributed by atoms with Crippen LogP contribution in [0.1, 0.15) is 29.0 Å². The molecule has 0 aromatic heterocycles. The molecular weight excluding hydrogens is 466 g/mol. The number of rotatable bonds is 5. The molecule has 0 bridgehead atoms. The van der Waals surface area contributed by atoms with Crippen molar-refractivity contribution in [1.29, 1.82) is 0 Å². The molecule has 0 unspecified atom stereocenters. The number of carboxylic acids is 1. The quantitative estimate of drug-likeness (QED) is 0.442. The van der Waals surface area contributed by atoms with Crippen molar-refractivity contribution in [3.63, 3.8) is 0 Å². The van der Waals surface area contributed by atoms with E-state index >= 15 is 0 Å². The predicted molar refractivity (Wildman–Crippen MR) is 117 cm³/mol. The van der Waals surface area contributed by atoms with Gasteiger partial charge in [-0.2, -0.15) is 4.72 Å². The topological polar surface area (TPSA) is 83.5 Å². The number of fused-ring (bicyclic) bond motifs is 3. The number of hydrogen-bond acceptors (Lipinski definition) is 3. The third kappa shape index (κ3) is 3.09. The van der Waals surface area contributed by atoms with Crippen LogP contribution in [0.4, 0.5) is 0 Å². The normalized spacial score (nSPS) is 21.7. The highest BCUT2D eigenvalue weighted by Gasteiger charge is 2.63. The summed E-state index contributed by atoms with van der Waals surface area (Å²) in [6.45, 7) is 0. The van der Waals surface area contributed by atoms with E-state index in [1.165, 1.54) is 0 Å². The van der Waals surface area contributed by atoms with Crippen LogP contribution in [-0.4, -0.2) is 25.0 Å². The van der Waals surface area contributed by atoms with Crippen molar-refractivity contribution in [3.8, 4) is 11.1 Å². The van der Waals surface area contributed by atoms with E-state index in [-0.39, 0.29) is 17.2 Å². The largest absolute Gasteiger partial charge is 0.480 e. The van der Waals surface area contributed by atoms with E-state index in [0.29, 0.717) is 6.42 Å². The van der Waals surface area contributed by atoms with Crippen molar-refractivity contribution >= 4 is 31.9 Å². The van der Waals surface area contributed by atoms with Crippen LogP contribution in [0.3, 0.4) is 0 Å². The maximum atomic E-state index is 13.1. The van der Waals surface area contributed by atoms with Crippen molar-refractivity contribution in [2.24, 2.45) is 0 Å². The monoisotopic (exact) mass is 483 g/mol.